The van der Waals surface area contributed by atoms with Crippen molar-refractivity contribution in [1.29, 1.82) is 0 Å². The highest BCUT2D eigenvalue weighted by Gasteiger charge is 2.40. The Bertz CT molecular complexity index is 295. The Kier molecular flexibility index (Phi) is 15.3. The number of hydrogen-bond acceptors (Lipinski definition) is 1. The normalized spacial score (nSPS) is 13.1. The Morgan fingerprint density at radius 2 is 1.08 bits per heavy atom. The molecule has 0 radical (unpaired) electrons. The average Bonchev–Trinajstić information content (AvgIpc) is 2.61. The van der Waals surface area contributed by atoms with Crippen LogP contribution in [0.25, 0.3) is 0 Å². The van der Waals surface area contributed by atoms with Gasteiger partial charge in [0.1, 0.15) is 0 Å². The molecule has 0 aliphatic carbocycles. The maximum absolute atomic E-state index is 12.2. The molecule has 0 aliphatic rings. The maximum Gasteiger partial charge on any atom is 0.362 e. The molecule has 1 N–H and O–H groups in total. The minimum Gasteiger partial charge on any atom is -0.477 e. The van der Waals surface area contributed by atoms with Crippen molar-refractivity contribution in [1.82, 2.24) is 0 Å². The third kappa shape index (κ3) is 10.2. The largest absolute Gasteiger partial charge is 0.477 e. The first-order valence-corrected chi connectivity index (χ1v) is 11.2. The van der Waals surface area contributed by atoms with E-state index in [0.29, 0.717) is 0 Å². The van der Waals surface area contributed by atoms with Crippen LogP contribution in [-0.4, -0.2) is 41.2 Å². The number of nitrogens with zero attached hydrogens (tertiary/aromatic N) is 1. The topological polar surface area (TPSA) is 37.3 Å². The lowest BCUT2D eigenvalue weighted by Crippen LogP contribution is -2.60. The Morgan fingerprint density at radius 1 is 0.680 bits per heavy atom. The Labute approximate surface area is 157 Å². The van der Waals surface area contributed by atoms with Crippen LogP contribution >= 0.6 is 0 Å². The second kappa shape index (κ2) is 15.7. The molecule has 0 fully saturated rings. The lowest BCUT2D eigenvalue weighted by molar-refractivity contribution is -0.944. The molecule has 0 aromatic carbocycles. The predicted octanol–water partition coefficient (Wildman–Crippen LogP) is 6.41. The second-order valence-electron chi connectivity index (χ2n) is 7.86. The smallest absolute Gasteiger partial charge is 0.362 e. The zero-order chi connectivity index (χ0) is 19.0. The molecule has 0 amide bonds. The van der Waals surface area contributed by atoms with E-state index in [9.17, 15) is 9.90 Å². The van der Waals surface area contributed by atoms with Gasteiger partial charge >= 0.3 is 5.97 Å². The van der Waals surface area contributed by atoms with Crippen molar-refractivity contribution in [3.63, 3.8) is 0 Å². The van der Waals surface area contributed by atoms with Crippen LogP contribution in [0.4, 0.5) is 0 Å². The molecule has 0 saturated carbocycles. The molecule has 0 aliphatic heterocycles. The molecule has 1 atom stereocenters. The van der Waals surface area contributed by atoms with Gasteiger partial charge < -0.3 is 9.59 Å². The lowest BCUT2D eigenvalue weighted by Gasteiger charge is -2.43. The summed E-state index contributed by atoms with van der Waals surface area (Å²) in [6.07, 6.45) is 15.2. The molecule has 3 nitrogen and oxygen atoms in total. The van der Waals surface area contributed by atoms with Crippen LogP contribution in [0.15, 0.2) is 0 Å². The van der Waals surface area contributed by atoms with Gasteiger partial charge in [0.2, 0.25) is 0 Å². The molecule has 25 heavy (non-hydrogen) atoms. The highest BCUT2D eigenvalue weighted by molar-refractivity contribution is 5.72. The number of aliphatic carboxylic acids is 1. The van der Waals surface area contributed by atoms with Gasteiger partial charge in [-0.1, -0.05) is 79.1 Å². The first-order chi connectivity index (χ1) is 12.1. The van der Waals surface area contributed by atoms with Gasteiger partial charge in [-0.15, -0.1) is 0 Å². The van der Waals surface area contributed by atoms with Gasteiger partial charge in [-0.2, -0.15) is 0 Å². The summed E-state index contributed by atoms with van der Waals surface area (Å²) in [6, 6.07) is -0.198. The van der Waals surface area contributed by atoms with Crippen LogP contribution in [0, 0.1) is 0 Å². The fraction of sp³-hybridized carbons (Fsp3) is 0.955. The van der Waals surface area contributed by atoms with Crippen molar-refractivity contribution in [2.45, 2.75) is 117 Å². The first-order valence-electron chi connectivity index (χ1n) is 11.2. The van der Waals surface area contributed by atoms with E-state index in [0.717, 1.165) is 75.5 Å². The third-order valence-corrected chi connectivity index (χ3v) is 5.65. The van der Waals surface area contributed by atoms with Gasteiger partial charge in [-0.05, 0) is 25.7 Å². The lowest BCUT2D eigenvalue weighted by atomic mass is 10.00. The van der Waals surface area contributed by atoms with Crippen molar-refractivity contribution in [2.24, 2.45) is 0 Å². The maximum atomic E-state index is 12.2. The highest BCUT2D eigenvalue weighted by Crippen LogP contribution is 2.24. The van der Waals surface area contributed by atoms with Crippen LogP contribution in [-0.2, 0) is 4.79 Å². The molecule has 3 heteroatoms. The predicted molar refractivity (Wildman–Crippen MR) is 109 cm³/mol. The van der Waals surface area contributed by atoms with Gasteiger partial charge in [-0.3, -0.25) is 0 Å². The Balaban J connectivity index is 4.99. The minimum absolute atomic E-state index is 0.198. The number of carbonyl (C=O) groups is 1. The Morgan fingerprint density at radius 3 is 1.48 bits per heavy atom. The zero-order valence-corrected chi connectivity index (χ0v) is 17.7. The van der Waals surface area contributed by atoms with Gasteiger partial charge in [0.05, 0.1) is 19.6 Å². The van der Waals surface area contributed by atoms with E-state index in [4.69, 9.17) is 0 Å². The van der Waals surface area contributed by atoms with Crippen LogP contribution in [0.1, 0.15) is 111 Å². The number of unbranched alkanes of at least 4 members (excludes halogenated alkanes) is 8. The van der Waals surface area contributed by atoms with Crippen LogP contribution in [0.2, 0.25) is 0 Å². The van der Waals surface area contributed by atoms with Gasteiger partial charge in [0.15, 0.2) is 6.04 Å². The van der Waals surface area contributed by atoms with Crippen LogP contribution in [0.3, 0.4) is 0 Å². The van der Waals surface area contributed by atoms with E-state index in [2.05, 4.69) is 27.7 Å². The van der Waals surface area contributed by atoms with Crippen molar-refractivity contribution in [2.75, 3.05) is 19.6 Å². The van der Waals surface area contributed by atoms with Crippen molar-refractivity contribution < 1.29 is 14.4 Å². The number of rotatable bonds is 18. The summed E-state index contributed by atoms with van der Waals surface area (Å²) in [5.74, 6) is -0.558. The number of hydrogen-bond donors (Lipinski definition) is 1. The van der Waals surface area contributed by atoms with E-state index in [1.807, 2.05) is 0 Å². The quantitative estimate of drug-likeness (QED) is 0.228. The zero-order valence-electron chi connectivity index (χ0n) is 17.7. The molecule has 0 heterocycles. The molecule has 0 saturated heterocycles. The SMILES string of the molecule is CCCCCCCCC(C(=O)O)[N+](CCCC)(CCCC)CCCC. The van der Waals surface area contributed by atoms with E-state index in [1.165, 1.54) is 32.1 Å². The van der Waals surface area contributed by atoms with E-state index in [-0.39, 0.29) is 6.04 Å². The summed E-state index contributed by atoms with van der Waals surface area (Å²) in [4.78, 5) is 12.2. The van der Waals surface area contributed by atoms with Gasteiger partial charge in [-0.25, -0.2) is 4.79 Å². The first kappa shape index (κ1) is 24.4. The molecular formula is C22H46NO2+. The molecule has 0 aromatic rings. The van der Waals surface area contributed by atoms with E-state index in [1.54, 1.807) is 0 Å². The van der Waals surface area contributed by atoms with Gasteiger partial charge in [0, 0.05) is 6.42 Å². The second-order valence-corrected chi connectivity index (χ2v) is 7.86. The molecule has 0 rings (SSSR count). The molecular weight excluding hydrogens is 310 g/mol. The average molecular weight is 357 g/mol. The summed E-state index contributed by atoms with van der Waals surface area (Å²) < 4.78 is 0.833. The van der Waals surface area contributed by atoms with Crippen LogP contribution in [0.5, 0.6) is 0 Å². The highest BCUT2D eigenvalue weighted by atomic mass is 16.4. The standard InChI is InChI=1S/C22H45NO2/c1-5-9-13-14-15-16-17-21(22(24)25)23(18-10-6-2,19-11-7-3)20-12-8-4/h21H,5-20H2,1-4H3/p+1. The van der Waals surface area contributed by atoms with E-state index < -0.39 is 5.97 Å². The molecule has 0 bridgehead atoms. The number of carboxylic acid groups (broad SMARTS) is 1. The molecule has 0 spiro atoms. The van der Waals surface area contributed by atoms with Gasteiger partial charge in [0.25, 0.3) is 0 Å². The number of carboxylic acids is 1. The fourth-order valence-corrected chi connectivity index (χ4v) is 3.97. The summed E-state index contributed by atoms with van der Waals surface area (Å²) in [6.45, 7) is 12.0. The summed E-state index contributed by atoms with van der Waals surface area (Å²) in [7, 11) is 0. The van der Waals surface area contributed by atoms with Crippen molar-refractivity contribution in [3.8, 4) is 0 Å². The third-order valence-electron chi connectivity index (χ3n) is 5.65. The number of quaternary nitrogens is 1. The van der Waals surface area contributed by atoms with E-state index >= 15 is 0 Å². The minimum atomic E-state index is -0.558. The summed E-state index contributed by atoms with van der Waals surface area (Å²) >= 11 is 0. The summed E-state index contributed by atoms with van der Waals surface area (Å²) in [5.41, 5.74) is 0. The molecule has 150 valence electrons. The Hall–Kier alpha value is -0.570. The fourth-order valence-electron chi connectivity index (χ4n) is 3.97. The van der Waals surface area contributed by atoms with Crippen molar-refractivity contribution in [3.05, 3.63) is 0 Å². The monoisotopic (exact) mass is 356 g/mol. The molecule has 0 aromatic heterocycles. The summed E-state index contributed by atoms with van der Waals surface area (Å²) in [5, 5.41) is 10.0. The van der Waals surface area contributed by atoms with Crippen LogP contribution < -0.4 is 0 Å². The van der Waals surface area contributed by atoms with Crippen molar-refractivity contribution >= 4 is 5.97 Å². The molecule has 1 unspecified atom stereocenters.